The Balaban J connectivity index is 1.60. The second kappa shape index (κ2) is 6.77. The molecule has 0 aliphatic carbocycles. The molecule has 1 N–H and O–H groups in total. The quantitative estimate of drug-likeness (QED) is 0.509. The molecule has 5 nitrogen and oxygen atoms in total. The van der Waals surface area contributed by atoms with Crippen molar-refractivity contribution in [2.24, 2.45) is 0 Å². The van der Waals surface area contributed by atoms with Gasteiger partial charge in [-0.1, -0.05) is 0 Å². The van der Waals surface area contributed by atoms with E-state index in [1.54, 1.807) is 24.5 Å². The highest BCUT2D eigenvalue weighted by molar-refractivity contribution is 7.19. The maximum Gasteiger partial charge on any atom is 0.420 e. The first-order valence-corrected chi connectivity index (χ1v) is 10.2. The number of alkyl halides is 3. The summed E-state index contributed by atoms with van der Waals surface area (Å²) >= 11 is 1.67. The topological polar surface area (TPSA) is 55.1 Å². The third kappa shape index (κ3) is 3.38. The van der Waals surface area contributed by atoms with Crippen molar-refractivity contribution in [3.63, 3.8) is 0 Å². The standard InChI is InChI=1S/C20H18F3N5S/c1-11-10-28-19(26-11)14(20(21,22)23)7-15(27-28)13-6-18-16(25-9-13)8-17(29-18)12-2-4-24-5-3-12/h6-10,12,24H,2-5H2,1H3. The highest BCUT2D eigenvalue weighted by Crippen LogP contribution is 2.37. The van der Waals surface area contributed by atoms with E-state index in [0.717, 1.165) is 42.2 Å². The third-order valence-electron chi connectivity index (χ3n) is 5.28. The summed E-state index contributed by atoms with van der Waals surface area (Å²) in [5, 5.41) is 7.72. The number of nitrogens with one attached hydrogen (secondary N) is 1. The van der Waals surface area contributed by atoms with E-state index in [-0.39, 0.29) is 11.3 Å². The Morgan fingerprint density at radius 3 is 2.72 bits per heavy atom. The molecule has 0 saturated carbocycles. The van der Waals surface area contributed by atoms with Gasteiger partial charge < -0.3 is 5.32 Å². The van der Waals surface area contributed by atoms with Crippen LogP contribution in [0, 0.1) is 6.92 Å². The molecule has 1 fully saturated rings. The van der Waals surface area contributed by atoms with Gasteiger partial charge in [0.05, 0.1) is 27.8 Å². The molecule has 0 unspecified atom stereocenters. The number of rotatable bonds is 2. The monoisotopic (exact) mass is 417 g/mol. The van der Waals surface area contributed by atoms with Gasteiger partial charge in [0.2, 0.25) is 0 Å². The van der Waals surface area contributed by atoms with E-state index in [1.165, 1.54) is 15.6 Å². The molecule has 5 heterocycles. The van der Waals surface area contributed by atoms with Crippen molar-refractivity contribution in [2.75, 3.05) is 13.1 Å². The lowest BCUT2D eigenvalue weighted by atomic mass is 9.96. The van der Waals surface area contributed by atoms with E-state index in [2.05, 4.69) is 26.4 Å². The molecule has 0 bridgehead atoms. The van der Waals surface area contributed by atoms with Gasteiger partial charge >= 0.3 is 6.18 Å². The summed E-state index contributed by atoms with van der Waals surface area (Å²) in [6.45, 7) is 3.66. The van der Waals surface area contributed by atoms with Crippen LogP contribution in [-0.2, 0) is 6.18 Å². The van der Waals surface area contributed by atoms with Gasteiger partial charge in [-0.2, -0.15) is 18.3 Å². The molecule has 0 amide bonds. The summed E-state index contributed by atoms with van der Waals surface area (Å²) in [6, 6.07) is 5.05. The summed E-state index contributed by atoms with van der Waals surface area (Å²) in [4.78, 5) is 9.77. The normalized spacial score (nSPS) is 16.1. The Morgan fingerprint density at radius 1 is 1.17 bits per heavy atom. The second-order valence-corrected chi connectivity index (χ2v) is 8.49. The van der Waals surface area contributed by atoms with E-state index < -0.39 is 11.7 Å². The number of imidazole rings is 1. The Hall–Kier alpha value is -2.52. The largest absolute Gasteiger partial charge is 0.420 e. The molecule has 0 spiro atoms. The number of nitrogens with zero attached hydrogens (tertiary/aromatic N) is 4. The third-order valence-corrected chi connectivity index (χ3v) is 6.51. The van der Waals surface area contributed by atoms with E-state index in [4.69, 9.17) is 0 Å². The zero-order chi connectivity index (χ0) is 20.2. The first-order valence-electron chi connectivity index (χ1n) is 9.43. The van der Waals surface area contributed by atoms with E-state index in [0.29, 0.717) is 17.2 Å². The van der Waals surface area contributed by atoms with E-state index in [9.17, 15) is 13.2 Å². The fraction of sp³-hybridized carbons (Fsp3) is 0.350. The first kappa shape index (κ1) is 18.5. The van der Waals surface area contributed by atoms with Crippen molar-refractivity contribution < 1.29 is 13.2 Å². The molecule has 0 atom stereocenters. The minimum atomic E-state index is -4.51. The van der Waals surface area contributed by atoms with Gasteiger partial charge in [-0.15, -0.1) is 11.3 Å². The number of aromatic nitrogens is 4. The Labute approximate surface area is 168 Å². The molecular weight excluding hydrogens is 399 g/mol. The summed E-state index contributed by atoms with van der Waals surface area (Å²) < 4.78 is 42.9. The van der Waals surface area contributed by atoms with Gasteiger partial charge in [0.1, 0.15) is 5.56 Å². The molecule has 4 aromatic heterocycles. The minimum absolute atomic E-state index is 0.183. The molecule has 9 heteroatoms. The molecule has 150 valence electrons. The van der Waals surface area contributed by atoms with Crippen molar-refractivity contribution in [3.8, 4) is 11.3 Å². The lowest BCUT2D eigenvalue weighted by Gasteiger charge is -2.21. The highest BCUT2D eigenvalue weighted by atomic mass is 32.1. The summed E-state index contributed by atoms with van der Waals surface area (Å²) in [7, 11) is 0. The lowest BCUT2D eigenvalue weighted by Crippen LogP contribution is -2.26. The van der Waals surface area contributed by atoms with Crippen molar-refractivity contribution in [1.29, 1.82) is 0 Å². The molecule has 0 radical (unpaired) electrons. The van der Waals surface area contributed by atoms with E-state index in [1.807, 2.05) is 6.07 Å². The second-order valence-electron chi connectivity index (χ2n) is 7.37. The van der Waals surface area contributed by atoms with Crippen LogP contribution >= 0.6 is 11.3 Å². The predicted molar refractivity (Wildman–Crippen MR) is 106 cm³/mol. The Kier molecular flexibility index (Phi) is 4.32. The Morgan fingerprint density at radius 2 is 1.97 bits per heavy atom. The summed E-state index contributed by atoms with van der Waals surface area (Å²) in [5.41, 5.74) is 1.18. The highest BCUT2D eigenvalue weighted by Gasteiger charge is 2.35. The molecule has 29 heavy (non-hydrogen) atoms. The number of piperidine rings is 1. The lowest BCUT2D eigenvalue weighted by molar-refractivity contribution is -0.136. The zero-order valence-electron chi connectivity index (χ0n) is 15.6. The van der Waals surface area contributed by atoms with Gasteiger partial charge in [-0.05, 0) is 57.0 Å². The Bertz CT molecular complexity index is 1200. The fourth-order valence-electron chi connectivity index (χ4n) is 3.83. The van der Waals surface area contributed by atoms with Crippen molar-refractivity contribution in [1.82, 2.24) is 24.9 Å². The van der Waals surface area contributed by atoms with Crippen LogP contribution in [-0.4, -0.2) is 32.7 Å². The molecule has 0 aromatic carbocycles. The maximum absolute atomic E-state index is 13.6. The summed E-state index contributed by atoms with van der Waals surface area (Å²) in [6.07, 6.45) is 0.763. The van der Waals surface area contributed by atoms with Crippen LogP contribution in [0.5, 0.6) is 0 Å². The summed E-state index contributed by atoms with van der Waals surface area (Å²) in [5.74, 6) is 0.513. The van der Waals surface area contributed by atoms with Gasteiger partial charge in [-0.25, -0.2) is 9.50 Å². The van der Waals surface area contributed by atoms with Crippen LogP contribution in [0.25, 0.3) is 27.1 Å². The average molecular weight is 417 g/mol. The van der Waals surface area contributed by atoms with Crippen LogP contribution in [0.4, 0.5) is 13.2 Å². The first-order chi connectivity index (χ1) is 13.9. The van der Waals surface area contributed by atoms with Gasteiger partial charge in [0, 0.05) is 16.6 Å². The zero-order valence-corrected chi connectivity index (χ0v) is 16.4. The van der Waals surface area contributed by atoms with Crippen molar-refractivity contribution in [2.45, 2.75) is 31.9 Å². The van der Waals surface area contributed by atoms with Crippen LogP contribution in [0.2, 0.25) is 0 Å². The number of thiophene rings is 1. The number of aryl methyl sites for hydroxylation is 1. The van der Waals surface area contributed by atoms with Crippen LogP contribution in [0.1, 0.15) is 34.9 Å². The van der Waals surface area contributed by atoms with Gasteiger partial charge in [0.25, 0.3) is 0 Å². The van der Waals surface area contributed by atoms with E-state index >= 15 is 0 Å². The number of pyridine rings is 1. The van der Waals surface area contributed by atoms with Gasteiger partial charge in [0.15, 0.2) is 5.65 Å². The smallest absolute Gasteiger partial charge is 0.317 e. The van der Waals surface area contributed by atoms with Crippen LogP contribution in [0.15, 0.2) is 30.6 Å². The van der Waals surface area contributed by atoms with Crippen molar-refractivity contribution >= 4 is 27.2 Å². The van der Waals surface area contributed by atoms with Crippen LogP contribution in [0.3, 0.4) is 0 Å². The maximum atomic E-state index is 13.6. The molecule has 1 aliphatic rings. The SMILES string of the molecule is Cc1cn2nc(-c3cnc4cc(C5CCNCC5)sc4c3)cc(C(F)(F)F)c2n1. The van der Waals surface area contributed by atoms with Crippen LogP contribution < -0.4 is 5.32 Å². The number of hydrogen-bond donors (Lipinski definition) is 1. The molecule has 5 rings (SSSR count). The van der Waals surface area contributed by atoms with Gasteiger partial charge in [-0.3, -0.25) is 4.98 Å². The number of hydrogen-bond acceptors (Lipinski definition) is 5. The molecular formula is C20H18F3N5S. The number of halogens is 3. The molecule has 1 aliphatic heterocycles. The molecule has 1 saturated heterocycles. The average Bonchev–Trinajstić information content (AvgIpc) is 3.28. The van der Waals surface area contributed by atoms with Crippen molar-refractivity contribution in [3.05, 3.63) is 46.7 Å². The fourth-order valence-corrected chi connectivity index (χ4v) is 5.05. The number of fused-ring (bicyclic) bond motifs is 2. The molecule has 4 aromatic rings. The predicted octanol–water partition coefficient (Wildman–Crippen LogP) is 4.80. The minimum Gasteiger partial charge on any atom is -0.317 e.